The normalized spacial score (nSPS) is 13.9. The molecule has 0 aliphatic rings. The van der Waals surface area contributed by atoms with Gasteiger partial charge in [0, 0.05) is 19.5 Å². The summed E-state index contributed by atoms with van der Waals surface area (Å²) in [5.41, 5.74) is -0.823. The molecular formula is C25H45N3O5. The predicted molar refractivity (Wildman–Crippen MR) is 132 cm³/mol. The van der Waals surface area contributed by atoms with Crippen LogP contribution in [0.4, 0.5) is 4.79 Å². The van der Waals surface area contributed by atoms with Crippen LogP contribution in [0.3, 0.4) is 0 Å². The van der Waals surface area contributed by atoms with E-state index in [2.05, 4.69) is 56.8 Å². The van der Waals surface area contributed by atoms with Crippen molar-refractivity contribution in [3.05, 3.63) is 25.3 Å². The van der Waals surface area contributed by atoms with Gasteiger partial charge in [-0.25, -0.2) is 4.79 Å². The van der Waals surface area contributed by atoms with Crippen molar-refractivity contribution in [2.75, 3.05) is 13.1 Å². The minimum absolute atomic E-state index is 0.0605. The molecule has 4 N–H and O–H groups in total. The molecule has 0 rings (SSSR count). The number of ether oxygens (including phenoxy) is 1. The van der Waals surface area contributed by atoms with Gasteiger partial charge in [-0.3, -0.25) is 9.59 Å². The molecule has 3 amide bonds. The van der Waals surface area contributed by atoms with E-state index in [1.54, 1.807) is 20.8 Å². The fourth-order valence-corrected chi connectivity index (χ4v) is 3.90. The second-order valence-electron chi connectivity index (χ2n) is 11.0. The van der Waals surface area contributed by atoms with Crippen molar-refractivity contribution in [1.29, 1.82) is 0 Å². The lowest BCUT2D eigenvalue weighted by Gasteiger charge is -2.34. The van der Waals surface area contributed by atoms with Gasteiger partial charge in [0.2, 0.25) is 5.91 Å². The summed E-state index contributed by atoms with van der Waals surface area (Å²) in [6.45, 7) is 21.4. The molecule has 0 aromatic rings. The molecule has 0 aromatic heterocycles. The Bertz CT molecular complexity index is 680. The number of rotatable bonds is 14. The first kappa shape index (κ1) is 30.6. The number of aliphatic hydroxyl groups is 1. The number of aliphatic hydroxyl groups excluding tert-OH is 1. The van der Waals surface area contributed by atoms with Gasteiger partial charge in [-0.05, 0) is 50.9 Å². The Labute approximate surface area is 199 Å². The third kappa shape index (κ3) is 14.4. The lowest BCUT2D eigenvalue weighted by Crippen LogP contribution is -2.52. The van der Waals surface area contributed by atoms with Gasteiger partial charge in [-0.1, -0.05) is 39.8 Å². The second kappa shape index (κ2) is 13.4. The zero-order valence-corrected chi connectivity index (χ0v) is 21.5. The van der Waals surface area contributed by atoms with E-state index in [0.29, 0.717) is 6.42 Å². The highest BCUT2D eigenvalue weighted by Gasteiger charge is 2.30. The van der Waals surface area contributed by atoms with Crippen LogP contribution < -0.4 is 16.0 Å². The largest absolute Gasteiger partial charge is 0.444 e. The fourth-order valence-electron chi connectivity index (χ4n) is 3.90. The smallest absolute Gasteiger partial charge is 0.407 e. The molecule has 0 aliphatic heterocycles. The third-order valence-corrected chi connectivity index (χ3v) is 4.81. The highest BCUT2D eigenvalue weighted by atomic mass is 16.6. The summed E-state index contributed by atoms with van der Waals surface area (Å²) in [5, 5.41) is 18.2. The van der Waals surface area contributed by atoms with Crippen molar-refractivity contribution < 1.29 is 24.2 Å². The molecule has 2 unspecified atom stereocenters. The van der Waals surface area contributed by atoms with Crippen molar-refractivity contribution >= 4 is 17.9 Å². The van der Waals surface area contributed by atoms with Crippen LogP contribution in [0.5, 0.6) is 0 Å². The van der Waals surface area contributed by atoms with Crippen LogP contribution in [0.1, 0.15) is 74.1 Å². The van der Waals surface area contributed by atoms with Crippen LogP contribution in [0.15, 0.2) is 25.3 Å². The zero-order chi connectivity index (χ0) is 25.9. The molecule has 190 valence electrons. The molecule has 0 radical (unpaired) electrons. The Hall–Kier alpha value is -2.35. The van der Waals surface area contributed by atoms with Crippen molar-refractivity contribution in [3.63, 3.8) is 0 Å². The van der Waals surface area contributed by atoms with E-state index in [1.807, 2.05) is 6.08 Å². The maximum Gasteiger partial charge on any atom is 0.407 e. The average molecular weight is 468 g/mol. The van der Waals surface area contributed by atoms with Gasteiger partial charge in [0.25, 0.3) is 5.91 Å². The van der Waals surface area contributed by atoms with Gasteiger partial charge < -0.3 is 25.8 Å². The highest BCUT2D eigenvalue weighted by molar-refractivity contribution is 5.82. The van der Waals surface area contributed by atoms with E-state index < -0.39 is 29.7 Å². The van der Waals surface area contributed by atoms with Gasteiger partial charge in [0.05, 0.1) is 6.04 Å². The second-order valence-corrected chi connectivity index (χ2v) is 11.0. The first-order valence-corrected chi connectivity index (χ1v) is 11.5. The molecule has 0 spiro atoms. The van der Waals surface area contributed by atoms with Crippen molar-refractivity contribution in [2.24, 2.45) is 10.8 Å². The molecule has 0 fully saturated rings. The summed E-state index contributed by atoms with van der Waals surface area (Å²) in [4.78, 5) is 36.6. The summed E-state index contributed by atoms with van der Waals surface area (Å²) >= 11 is 0. The van der Waals surface area contributed by atoms with Gasteiger partial charge in [0.1, 0.15) is 5.60 Å². The van der Waals surface area contributed by atoms with Gasteiger partial charge in [0.15, 0.2) is 6.10 Å². The van der Waals surface area contributed by atoms with Crippen molar-refractivity contribution in [3.8, 4) is 0 Å². The number of hydrogen-bond donors (Lipinski definition) is 4. The zero-order valence-electron chi connectivity index (χ0n) is 21.5. The molecule has 0 bridgehead atoms. The summed E-state index contributed by atoms with van der Waals surface area (Å²) < 4.78 is 5.17. The highest BCUT2D eigenvalue weighted by Crippen LogP contribution is 2.38. The molecule has 2 atom stereocenters. The molecule has 0 saturated carbocycles. The lowest BCUT2D eigenvalue weighted by molar-refractivity contribution is -0.131. The molecule has 0 saturated heterocycles. The minimum atomic E-state index is -1.49. The van der Waals surface area contributed by atoms with Crippen molar-refractivity contribution in [1.82, 2.24) is 16.0 Å². The quantitative estimate of drug-likeness (QED) is 0.231. The monoisotopic (exact) mass is 467 g/mol. The maximum atomic E-state index is 12.3. The number of amides is 3. The lowest BCUT2D eigenvalue weighted by atomic mass is 9.72. The number of allylic oxidation sites excluding steroid dienone is 1. The van der Waals surface area contributed by atoms with Gasteiger partial charge in [-0.2, -0.15) is 0 Å². The summed E-state index contributed by atoms with van der Waals surface area (Å²) in [7, 11) is 0. The fraction of sp³-hybridized carbons (Fsp3) is 0.720. The average Bonchev–Trinajstić information content (AvgIpc) is 2.60. The Morgan fingerprint density at radius 2 is 1.52 bits per heavy atom. The number of hydrogen-bond acceptors (Lipinski definition) is 5. The molecule has 0 aromatic carbocycles. The summed E-state index contributed by atoms with van der Waals surface area (Å²) in [6.07, 6.45) is 3.48. The number of carbonyl (C=O) groups is 3. The standard InChI is InChI=1S/C25H45N3O5/c1-10-12-18(28-22(32)33-23(3,4)5)20(30)21(31)27-15-14-26-19(29)16-25(8,9)17-24(6,7)13-11-2/h10-11,18,20,30H,1-2,12-17H2,3-9H3,(H,26,29)(H,27,31)(H,28,32). The molecule has 0 aliphatic carbocycles. The molecule has 8 nitrogen and oxygen atoms in total. The Balaban J connectivity index is 4.56. The molecule has 0 heterocycles. The molecule has 33 heavy (non-hydrogen) atoms. The third-order valence-electron chi connectivity index (χ3n) is 4.81. The Morgan fingerprint density at radius 3 is 2.03 bits per heavy atom. The number of carbonyl (C=O) groups excluding carboxylic acids is 3. The SMILES string of the molecule is C=CCC(NC(=O)OC(C)(C)C)C(O)C(=O)NCCNC(=O)CC(C)(C)CC(C)(C)CC=C. The topological polar surface area (TPSA) is 117 Å². The first-order valence-electron chi connectivity index (χ1n) is 11.5. The predicted octanol–water partition coefficient (Wildman–Crippen LogP) is 3.46. The minimum Gasteiger partial charge on any atom is -0.444 e. The van der Waals surface area contributed by atoms with Crippen LogP contribution >= 0.6 is 0 Å². The first-order chi connectivity index (χ1) is 15.0. The van der Waals surface area contributed by atoms with E-state index in [0.717, 1.165) is 12.8 Å². The van der Waals surface area contributed by atoms with E-state index in [4.69, 9.17) is 4.74 Å². The van der Waals surface area contributed by atoms with Gasteiger partial charge in [-0.15, -0.1) is 13.2 Å². The van der Waals surface area contributed by atoms with Crippen molar-refractivity contribution in [2.45, 2.75) is 91.9 Å². The number of alkyl carbamates (subject to hydrolysis) is 1. The molecular weight excluding hydrogens is 422 g/mol. The Morgan fingerprint density at radius 1 is 0.939 bits per heavy atom. The van der Waals surface area contributed by atoms with Crippen LogP contribution in [-0.2, 0) is 14.3 Å². The van der Waals surface area contributed by atoms with E-state index in [9.17, 15) is 19.5 Å². The molecule has 8 heteroatoms. The Kier molecular flexibility index (Phi) is 12.4. The van der Waals surface area contributed by atoms with E-state index in [-0.39, 0.29) is 36.2 Å². The number of nitrogens with one attached hydrogen (secondary N) is 3. The van der Waals surface area contributed by atoms with Crippen LogP contribution in [0.2, 0.25) is 0 Å². The van der Waals surface area contributed by atoms with Gasteiger partial charge >= 0.3 is 6.09 Å². The maximum absolute atomic E-state index is 12.3. The summed E-state index contributed by atoms with van der Waals surface area (Å²) in [6, 6.07) is -0.883. The van der Waals surface area contributed by atoms with Crippen LogP contribution in [0.25, 0.3) is 0 Å². The van der Waals surface area contributed by atoms with Crippen LogP contribution in [-0.4, -0.2) is 53.9 Å². The van der Waals surface area contributed by atoms with Crippen LogP contribution in [0, 0.1) is 10.8 Å². The summed E-state index contributed by atoms with van der Waals surface area (Å²) in [5.74, 6) is -0.751. The van der Waals surface area contributed by atoms with E-state index in [1.165, 1.54) is 6.08 Å². The van der Waals surface area contributed by atoms with E-state index >= 15 is 0 Å².